The molecule has 0 aliphatic rings. The van der Waals surface area contributed by atoms with Crippen molar-refractivity contribution < 1.29 is 4.92 Å². The van der Waals surface area contributed by atoms with Gasteiger partial charge in [0.15, 0.2) is 5.82 Å². The molecule has 100 valence electrons. The highest BCUT2D eigenvalue weighted by atomic mass is 79.9. The number of halogens is 1. The predicted octanol–water partition coefficient (Wildman–Crippen LogP) is 3.20. The van der Waals surface area contributed by atoms with Crippen molar-refractivity contribution in [3.05, 3.63) is 44.6 Å². The van der Waals surface area contributed by atoms with Gasteiger partial charge in [0.05, 0.1) is 9.40 Å². The van der Waals surface area contributed by atoms with Gasteiger partial charge in [-0.1, -0.05) is 6.92 Å². The number of hydrogen-bond acceptors (Lipinski definition) is 4. The standard InChI is InChI=1S/C12H13BrN4O2/c1-3-4-10-14-5-6-16(10)12-11(13)8(2)9(7-15-12)17(18)19/h5-7H,3-4H2,1-2H3. The predicted molar refractivity (Wildman–Crippen MR) is 74.4 cm³/mol. The molecule has 0 saturated heterocycles. The van der Waals surface area contributed by atoms with E-state index in [1.54, 1.807) is 13.1 Å². The van der Waals surface area contributed by atoms with Gasteiger partial charge in [0.25, 0.3) is 5.69 Å². The van der Waals surface area contributed by atoms with Crippen LogP contribution in [0.4, 0.5) is 5.69 Å². The Labute approximate surface area is 118 Å². The third kappa shape index (κ3) is 2.51. The van der Waals surface area contributed by atoms with Crippen molar-refractivity contribution in [3.63, 3.8) is 0 Å². The van der Waals surface area contributed by atoms with Crippen molar-refractivity contribution in [2.24, 2.45) is 0 Å². The van der Waals surface area contributed by atoms with Crippen LogP contribution in [0.5, 0.6) is 0 Å². The first-order valence-corrected chi connectivity index (χ1v) is 6.67. The lowest BCUT2D eigenvalue weighted by atomic mass is 10.2. The maximum Gasteiger partial charge on any atom is 0.291 e. The summed E-state index contributed by atoms with van der Waals surface area (Å²) >= 11 is 3.39. The van der Waals surface area contributed by atoms with E-state index in [1.807, 2.05) is 10.8 Å². The summed E-state index contributed by atoms with van der Waals surface area (Å²) in [6.45, 7) is 3.77. The fourth-order valence-corrected chi connectivity index (χ4v) is 2.34. The SMILES string of the molecule is CCCc1nccn1-c1ncc([N+](=O)[O-])c(C)c1Br. The first-order valence-electron chi connectivity index (χ1n) is 5.88. The Hall–Kier alpha value is -1.76. The van der Waals surface area contributed by atoms with Crippen LogP contribution in [0.15, 0.2) is 23.1 Å². The fraction of sp³-hybridized carbons (Fsp3) is 0.333. The quantitative estimate of drug-likeness (QED) is 0.639. The molecular weight excluding hydrogens is 312 g/mol. The minimum Gasteiger partial charge on any atom is -0.287 e. The maximum atomic E-state index is 10.9. The second-order valence-corrected chi connectivity index (χ2v) is 4.92. The van der Waals surface area contributed by atoms with E-state index in [1.165, 1.54) is 6.20 Å². The number of rotatable bonds is 4. The van der Waals surface area contributed by atoms with Crippen molar-refractivity contribution in [1.29, 1.82) is 0 Å². The molecule has 0 unspecified atom stereocenters. The molecule has 0 aromatic carbocycles. The Balaban J connectivity index is 2.54. The molecule has 0 bridgehead atoms. The smallest absolute Gasteiger partial charge is 0.287 e. The summed E-state index contributed by atoms with van der Waals surface area (Å²) in [5, 5.41) is 10.9. The van der Waals surface area contributed by atoms with Gasteiger partial charge in [0.1, 0.15) is 12.0 Å². The van der Waals surface area contributed by atoms with Gasteiger partial charge in [0, 0.05) is 24.4 Å². The summed E-state index contributed by atoms with van der Waals surface area (Å²) in [5.74, 6) is 1.52. The Kier molecular flexibility index (Phi) is 3.94. The van der Waals surface area contributed by atoms with Crippen LogP contribution in [-0.2, 0) is 6.42 Å². The summed E-state index contributed by atoms with van der Waals surface area (Å²) in [5.41, 5.74) is 0.568. The van der Waals surface area contributed by atoms with E-state index in [0.717, 1.165) is 18.7 Å². The van der Waals surface area contributed by atoms with Crippen molar-refractivity contribution >= 4 is 21.6 Å². The summed E-state index contributed by atoms with van der Waals surface area (Å²) in [7, 11) is 0. The molecule has 0 spiro atoms. The van der Waals surface area contributed by atoms with Gasteiger partial charge in [-0.2, -0.15) is 0 Å². The lowest BCUT2D eigenvalue weighted by Crippen LogP contribution is -2.05. The number of aryl methyl sites for hydroxylation is 1. The number of nitrogens with zero attached hydrogens (tertiary/aromatic N) is 4. The molecular formula is C12H13BrN4O2. The molecule has 0 radical (unpaired) electrons. The molecule has 2 rings (SSSR count). The summed E-state index contributed by atoms with van der Waals surface area (Å²) in [6.07, 6.45) is 6.60. The highest BCUT2D eigenvalue weighted by Gasteiger charge is 2.19. The Morgan fingerprint density at radius 3 is 2.84 bits per heavy atom. The van der Waals surface area contributed by atoms with E-state index in [-0.39, 0.29) is 5.69 Å². The van der Waals surface area contributed by atoms with Gasteiger partial charge in [0.2, 0.25) is 0 Å². The first-order chi connectivity index (χ1) is 9.06. The van der Waals surface area contributed by atoms with Crippen LogP contribution in [0.25, 0.3) is 5.82 Å². The molecule has 7 heteroatoms. The molecule has 19 heavy (non-hydrogen) atoms. The molecule has 2 aromatic rings. The van der Waals surface area contributed by atoms with Gasteiger partial charge in [-0.25, -0.2) is 9.97 Å². The van der Waals surface area contributed by atoms with E-state index in [4.69, 9.17) is 0 Å². The fourth-order valence-electron chi connectivity index (χ4n) is 1.84. The summed E-state index contributed by atoms with van der Waals surface area (Å²) < 4.78 is 2.47. The number of hydrogen-bond donors (Lipinski definition) is 0. The van der Waals surface area contributed by atoms with Crippen LogP contribution in [0.2, 0.25) is 0 Å². The number of imidazole rings is 1. The monoisotopic (exact) mass is 324 g/mol. The second-order valence-electron chi connectivity index (χ2n) is 4.13. The highest BCUT2D eigenvalue weighted by Crippen LogP contribution is 2.30. The molecule has 2 aromatic heterocycles. The Morgan fingerprint density at radius 1 is 1.47 bits per heavy atom. The van der Waals surface area contributed by atoms with Crippen LogP contribution in [0.3, 0.4) is 0 Å². The third-order valence-electron chi connectivity index (χ3n) is 2.83. The van der Waals surface area contributed by atoms with Gasteiger partial charge < -0.3 is 0 Å². The summed E-state index contributed by atoms with van der Waals surface area (Å²) in [6, 6.07) is 0. The molecule has 0 N–H and O–H groups in total. The van der Waals surface area contributed by atoms with Gasteiger partial charge >= 0.3 is 0 Å². The molecule has 0 fully saturated rings. The minimum atomic E-state index is -0.433. The van der Waals surface area contributed by atoms with Gasteiger partial charge in [-0.15, -0.1) is 0 Å². The number of aromatic nitrogens is 3. The molecule has 0 atom stereocenters. The van der Waals surface area contributed by atoms with E-state index < -0.39 is 4.92 Å². The zero-order valence-electron chi connectivity index (χ0n) is 10.6. The van der Waals surface area contributed by atoms with Crippen LogP contribution < -0.4 is 0 Å². The Morgan fingerprint density at radius 2 is 2.21 bits per heavy atom. The van der Waals surface area contributed by atoms with Crippen molar-refractivity contribution in [2.45, 2.75) is 26.7 Å². The lowest BCUT2D eigenvalue weighted by molar-refractivity contribution is -0.385. The van der Waals surface area contributed by atoms with Crippen LogP contribution >= 0.6 is 15.9 Å². The van der Waals surface area contributed by atoms with E-state index in [0.29, 0.717) is 15.9 Å². The molecule has 0 aliphatic carbocycles. The van der Waals surface area contributed by atoms with Crippen molar-refractivity contribution in [2.75, 3.05) is 0 Å². The van der Waals surface area contributed by atoms with Crippen molar-refractivity contribution in [3.8, 4) is 5.82 Å². The lowest BCUT2D eigenvalue weighted by Gasteiger charge is -2.10. The largest absolute Gasteiger partial charge is 0.291 e. The average Bonchev–Trinajstić information content (AvgIpc) is 2.81. The first kappa shape index (κ1) is 13.7. The highest BCUT2D eigenvalue weighted by molar-refractivity contribution is 9.10. The van der Waals surface area contributed by atoms with Crippen molar-refractivity contribution in [1.82, 2.24) is 14.5 Å². The molecule has 2 heterocycles. The Bertz CT molecular complexity index is 624. The molecule has 0 saturated carbocycles. The zero-order chi connectivity index (χ0) is 14.0. The minimum absolute atomic E-state index is 0.00721. The molecule has 0 amide bonds. The second kappa shape index (κ2) is 5.48. The normalized spacial score (nSPS) is 10.7. The summed E-state index contributed by atoms with van der Waals surface area (Å²) in [4.78, 5) is 18.9. The molecule has 6 nitrogen and oxygen atoms in total. The third-order valence-corrected chi connectivity index (χ3v) is 3.78. The maximum absolute atomic E-state index is 10.9. The zero-order valence-corrected chi connectivity index (χ0v) is 12.2. The van der Waals surface area contributed by atoms with E-state index >= 15 is 0 Å². The van der Waals surface area contributed by atoms with Crippen LogP contribution in [0.1, 0.15) is 24.7 Å². The van der Waals surface area contributed by atoms with Gasteiger partial charge in [-0.05, 0) is 29.3 Å². The van der Waals surface area contributed by atoms with E-state index in [9.17, 15) is 10.1 Å². The van der Waals surface area contributed by atoms with E-state index in [2.05, 4.69) is 32.8 Å². The number of nitro groups is 1. The van der Waals surface area contributed by atoms with Crippen LogP contribution in [-0.4, -0.2) is 19.5 Å². The molecule has 0 aliphatic heterocycles. The topological polar surface area (TPSA) is 73.8 Å². The number of pyridine rings is 1. The van der Waals surface area contributed by atoms with Crippen LogP contribution in [0, 0.1) is 17.0 Å². The van der Waals surface area contributed by atoms with Gasteiger partial charge in [-0.3, -0.25) is 14.7 Å². The average molecular weight is 325 g/mol.